The molecule has 2 unspecified atom stereocenters. The molecule has 0 fully saturated rings. The molecule has 2 aliphatic rings. The van der Waals surface area contributed by atoms with Crippen molar-refractivity contribution in [3.63, 3.8) is 0 Å². The molecule has 0 aliphatic carbocycles. The molecule has 0 amide bonds. The molecule has 11 rings (SSSR count). The lowest BCUT2D eigenvalue weighted by Gasteiger charge is -2.26. The van der Waals surface area contributed by atoms with Gasteiger partial charge in [0.25, 0.3) is 0 Å². The largest absolute Gasteiger partial charge is 0.494 e. The second kappa shape index (κ2) is 16.7. The van der Waals surface area contributed by atoms with E-state index in [0.29, 0.717) is 25.0 Å². The van der Waals surface area contributed by atoms with E-state index >= 15 is 0 Å². The maximum Gasteiger partial charge on any atom is 0.227 e. The number of ether oxygens (including phenoxy) is 2. The van der Waals surface area contributed by atoms with Crippen LogP contribution in [0, 0.1) is 0 Å². The Hall–Kier alpha value is -7.98. The van der Waals surface area contributed by atoms with Crippen molar-refractivity contribution in [2.45, 2.75) is 38.8 Å². The molecule has 0 radical (unpaired) electrons. The van der Waals surface area contributed by atoms with Crippen LogP contribution in [0.1, 0.15) is 61.0 Å². The molecule has 4 heterocycles. The molecule has 0 N–H and O–H groups in total. The molecule has 2 atom stereocenters. The van der Waals surface area contributed by atoms with Crippen LogP contribution in [0.25, 0.3) is 45.1 Å². The molecule has 0 saturated heterocycles. The Bertz CT molecular complexity index is 2860. The fraction of sp³-hybridized carbons (Fsp3) is 0.148. The third-order valence-corrected chi connectivity index (χ3v) is 11.9. The predicted molar refractivity (Wildman–Crippen MR) is 253 cm³/mol. The quantitative estimate of drug-likeness (QED) is 0.120. The summed E-state index contributed by atoms with van der Waals surface area (Å²) in [5, 5.41) is 14.8. The molecular weight excluding hydrogens is 797 g/mol. The van der Waals surface area contributed by atoms with E-state index in [2.05, 4.69) is 107 Å². The summed E-state index contributed by atoms with van der Waals surface area (Å²) in [6.07, 6.45) is 1.46. The lowest BCUT2D eigenvalue weighted by molar-refractivity contribution is 0.340. The van der Waals surface area contributed by atoms with Gasteiger partial charge in [-0.25, -0.2) is 9.97 Å². The van der Waals surface area contributed by atoms with Crippen molar-refractivity contribution in [3.8, 4) is 34.4 Å². The normalized spacial score (nSPS) is 16.1. The fourth-order valence-corrected chi connectivity index (χ4v) is 8.63. The summed E-state index contributed by atoms with van der Waals surface area (Å²) in [6, 6.07) is 57.7. The smallest absolute Gasteiger partial charge is 0.227 e. The van der Waals surface area contributed by atoms with Gasteiger partial charge >= 0.3 is 0 Å². The van der Waals surface area contributed by atoms with Gasteiger partial charge in [-0.1, -0.05) is 48.5 Å². The van der Waals surface area contributed by atoms with E-state index in [1.807, 2.05) is 86.6 Å². The molecule has 64 heavy (non-hydrogen) atoms. The summed E-state index contributed by atoms with van der Waals surface area (Å²) in [4.78, 5) is 9.45. The molecule has 9 aromatic rings. The minimum Gasteiger partial charge on any atom is -0.494 e. The summed E-state index contributed by atoms with van der Waals surface area (Å²) < 4.78 is 23.7. The first kappa shape index (κ1) is 38.9. The van der Waals surface area contributed by atoms with Crippen molar-refractivity contribution in [2.75, 3.05) is 23.2 Å². The number of hydrogen-bond acceptors (Lipinski definition) is 10. The molecular formula is C54H44N6O4. The van der Waals surface area contributed by atoms with Crippen LogP contribution >= 0.6 is 0 Å². The van der Waals surface area contributed by atoms with E-state index in [-0.39, 0.29) is 12.1 Å². The highest BCUT2D eigenvalue weighted by Crippen LogP contribution is 2.41. The Morgan fingerprint density at radius 2 is 0.828 bits per heavy atom. The molecule has 314 valence electrons. The molecule has 2 aliphatic heterocycles. The Morgan fingerprint density at radius 3 is 1.20 bits per heavy atom. The van der Waals surface area contributed by atoms with Gasteiger partial charge in [0.15, 0.2) is 11.2 Å². The zero-order chi connectivity index (χ0) is 43.0. The Balaban J connectivity index is 0.903. The Morgan fingerprint density at radius 1 is 0.453 bits per heavy atom. The van der Waals surface area contributed by atoms with Crippen LogP contribution < -0.4 is 19.5 Å². The zero-order valence-electron chi connectivity index (χ0n) is 35.5. The first-order valence-electron chi connectivity index (χ1n) is 21.8. The molecule has 10 heteroatoms. The number of nitrogens with zero attached hydrogens (tertiary/aromatic N) is 6. The number of benzene rings is 7. The highest BCUT2D eigenvalue weighted by molar-refractivity contribution is 6.04. The lowest BCUT2D eigenvalue weighted by Crippen LogP contribution is -2.20. The summed E-state index contributed by atoms with van der Waals surface area (Å²) in [5.74, 6) is 2.88. The van der Waals surface area contributed by atoms with Crippen molar-refractivity contribution in [2.24, 2.45) is 10.2 Å². The first-order chi connectivity index (χ1) is 31.6. The topological polar surface area (TPSA) is 102 Å². The number of anilines is 2. The molecule has 10 nitrogen and oxygen atoms in total. The van der Waals surface area contributed by atoms with Gasteiger partial charge in [-0.05, 0) is 157 Å². The molecule has 0 spiro atoms. The van der Waals surface area contributed by atoms with Gasteiger partial charge in [0.2, 0.25) is 11.8 Å². The maximum atomic E-state index is 6.09. The van der Waals surface area contributed by atoms with Gasteiger partial charge in [0.05, 0.1) is 48.1 Å². The van der Waals surface area contributed by atoms with Gasteiger partial charge in [-0.2, -0.15) is 10.2 Å². The van der Waals surface area contributed by atoms with Crippen molar-refractivity contribution in [3.05, 3.63) is 192 Å². The molecule has 0 saturated carbocycles. The van der Waals surface area contributed by atoms with Gasteiger partial charge in [0.1, 0.15) is 22.5 Å². The number of para-hydroxylation sites is 4. The number of fused-ring (bicyclic) bond motifs is 2. The monoisotopic (exact) mass is 840 g/mol. The van der Waals surface area contributed by atoms with Crippen LogP contribution in [0.2, 0.25) is 0 Å². The SMILES string of the molecule is CCOc1ccc(C2=NN(c3ccc(-c4nc5ccccc5o4)cc3)C(c3ccc(C4CC(c5ccc(OCC)cc5)=NN4c4ccc(-c5nc6ccccc6o5)cc4)cc3)C2)cc1. The van der Waals surface area contributed by atoms with Gasteiger partial charge < -0.3 is 18.3 Å². The van der Waals surface area contributed by atoms with Crippen LogP contribution in [-0.2, 0) is 0 Å². The second-order valence-electron chi connectivity index (χ2n) is 15.9. The number of aromatic nitrogens is 2. The standard InChI is InChI=1S/C54H44N6O4/c1-3-61-43-29-21-35(22-30-43)47-33-49(59(57-47)41-25-17-39(18-26-41)53-55-45-9-5-7-11-51(45)63-53)37-13-15-38(16-14-37)50-34-48(36-23-31-44(32-24-36)62-4-2)58-60(50)42-27-19-40(20-28-42)54-56-46-10-6-8-12-52(46)64-54/h5-32,49-50H,3-4,33-34H2,1-2H3. The predicted octanol–water partition coefficient (Wildman–Crippen LogP) is 12.8. The van der Waals surface area contributed by atoms with Gasteiger partial charge in [0, 0.05) is 24.0 Å². The Kier molecular flexibility index (Phi) is 10.2. The molecule has 2 aromatic heterocycles. The average molecular weight is 841 g/mol. The van der Waals surface area contributed by atoms with E-state index in [1.54, 1.807) is 0 Å². The number of oxazole rings is 2. The van der Waals surface area contributed by atoms with Gasteiger partial charge in [-0.15, -0.1) is 0 Å². The van der Waals surface area contributed by atoms with E-state index < -0.39 is 0 Å². The Labute approximate surface area is 370 Å². The van der Waals surface area contributed by atoms with Crippen molar-refractivity contribution in [1.82, 2.24) is 9.97 Å². The third-order valence-electron chi connectivity index (χ3n) is 11.9. The number of hydrazone groups is 2. The maximum absolute atomic E-state index is 6.09. The van der Waals surface area contributed by atoms with Crippen molar-refractivity contribution in [1.29, 1.82) is 0 Å². The van der Waals surface area contributed by atoms with Crippen molar-refractivity contribution >= 4 is 45.0 Å². The summed E-state index contributed by atoms with van der Waals surface area (Å²) in [5.41, 5.74) is 13.5. The average Bonchev–Trinajstić information content (AvgIpc) is 4.18. The van der Waals surface area contributed by atoms with Crippen LogP contribution in [0.4, 0.5) is 11.4 Å². The second-order valence-corrected chi connectivity index (χ2v) is 15.9. The van der Waals surface area contributed by atoms with Crippen LogP contribution in [0.5, 0.6) is 11.5 Å². The van der Waals surface area contributed by atoms with Crippen LogP contribution in [0.15, 0.2) is 189 Å². The van der Waals surface area contributed by atoms with Crippen molar-refractivity contribution < 1.29 is 18.3 Å². The minimum atomic E-state index is -0.0412. The minimum absolute atomic E-state index is 0.0412. The summed E-state index contributed by atoms with van der Waals surface area (Å²) in [7, 11) is 0. The van der Waals surface area contributed by atoms with Gasteiger partial charge in [-0.3, -0.25) is 10.0 Å². The lowest BCUT2D eigenvalue weighted by atomic mass is 9.94. The fourth-order valence-electron chi connectivity index (χ4n) is 8.63. The highest BCUT2D eigenvalue weighted by Gasteiger charge is 2.33. The van der Waals surface area contributed by atoms with E-state index in [1.165, 1.54) is 0 Å². The summed E-state index contributed by atoms with van der Waals surface area (Å²) in [6.45, 7) is 5.23. The van der Waals surface area contributed by atoms with E-state index in [0.717, 1.165) is 103 Å². The first-order valence-corrected chi connectivity index (χ1v) is 21.8. The third kappa shape index (κ3) is 7.53. The molecule has 7 aromatic carbocycles. The number of rotatable bonds is 12. The summed E-state index contributed by atoms with van der Waals surface area (Å²) >= 11 is 0. The molecule has 0 bridgehead atoms. The van der Waals surface area contributed by atoms with E-state index in [9.17, 15) is 0 Å². The van der Waals surface area contributed by atoms with Crippen LogP contribution in [-0.4, -0.2) is 34.6 Å². The van der Waals surface area contributed by atoms with E-state index in [4.69, 9.17) is 38.5 Å². The van der Waals surface area contributed by atoms with Crippen LogP contribution in [0.3, 0.4) is 0 Å². The zero-order valence-corrected chi connectivity index (χ0v) is 35.5. The highest BCUT2D eigenvalue weighted by atomic mass is 16.5. The number of hydrogen-bond donors (Lipinski definition) is 0.